The molecule has 23 heavy (non-hydrogen) atoms. The highest BCUT2D eigenvalue weighted by Crippen LogP contribution is 2.44. The number of hydrogen-bond donors (Lipinski definition) is 1. The maximum Gasteiger partial charge on any atom is 0.313 e. The maximum absolute atomic E-state index is 13.4. The Morgan fingerprint density at radius 2 is 1.91 bits per heavy atom. The van der Waals surface area contributed by atoms with Gasteiger partial charge in [0.25, 0.3) is 0 Å². The molecule has 0 radical (unpaired) electrons. The monoisotopic (exact) mass is 343 g/mol. The Morgan fingerprint density at radius 1 is 1.35 bits per heavy atom. The van der Waals surface area contributed by atoms with Gasteiger partial charge in [-0.1, -0.05) is 28.8 Å². The standard InChI is InChI=1S/C15H16ClF2N3O2/c16-11-3-1-9(2-4-11)12(13(14(22)23)20-21-19)10-5-7-15(17,18)8-6-10/h1-4,10,12-13H,5-8H2,(H,22,23)/t12-,13-/m0/s1. The van der Waals surface area contributed by atoms with Crippen molar-refractivity contribution in [3.63, 3.8) is 0 Å². The van der Waals surface area contributed by atoms with E-state index in [1.165, 1.54) is 0 Å². The molecule has 0 aromatic heterocycles. The van der Waals surface area contributed by atoms with E-state index in [1.807, 2.05) is 0 Å². The first-order valence-corrected chi connectivity index (χ1v) is 7.62. The van der Waals surface area contributed by atoms with Gasteiger partial charge in [-0.05, 0) is 42.0 Å². The van der Waals surface area contributed by atoms with Crippen LogP contribution in [-0.4, -0.2) is 23.0 Å². The molecule has 0 bridgehead atoms. The number of carboxylic acids is 1. The van der Waals surface area contributed by atoms with E-state index in [-0.39, 0.29) is 31.6 Å². The van der Waals surface area contributed by atoms with E-state index in [4.69, 9.17) is 17.1 Å². The van der Waals surface area contributed by atoms with Gasteiger partial charge in [0, 0.05) is 28.7 Å². The van der Waals surface area contributed by atoms with Gasteiger partial charge in [0.2, 0.25) is 5.92 Å². The van der Waals surface area contributed by atoms with E-state index in [0.717, 1.165) is 0 Å². The molecular weight excluding hydrogens is 328 g/mol. The van der Waals surface area contributed by atoms with Gasteiger partial charge in [-0.2, -0.15) is 0 Å². The van der Waals surface area contributed by atoms with Crippen LogP contribution >= 0.6 is 11.6 Å². The van der Waals surface area contributed by atoms with Crippen LogP contribution < -0.4 is 0 Å². The Morgan fingerprint density at radius 3 is 2.39 bits per heavy atom. The van der Waals surface area contributed by atoms with Crippen LogP contribution in [0, 0.1) is 5.92 Å². The van der Waals surface area contributed by atoms with Crippen molar-refractivity contribution >= 4 is 17.6 Å². The molecule has 1 saturated carbocycles. The Hall–Kier alpha value is -1.85. The fraction of sp³-hybridized carbons (Fsp3) is 0.533. The van der Waals surface area contributed by atoms with Crippen molar-refractivity contribution in [3.8, 4) is 0 Å². The molecule has 0 unspecified atom stereocenters. The molecule has 124 valence electrons. The van der Waals surface area contributed by atoms with Gasteiger partial charge in [-0.3, -0.25) is 4.79 Å². The molecule has 1 aromatic carbocycles. The zero-order valence-electron chi connectivity index (χ0n) is 12.2. The summed E-state index contributed by atoms with van der Waals surface area (Å²) >= 11 is 5.85. The molecule has 0 spiro atoms. The third kappa shape index (κ3) is 4.33. The fourth-order valence-electron chi connectivity index (χ4n) is 3.15. The van der Waals surface area contributed by atoms with Gasteiger partial charge in [0.1, 0.15) is 6.04 Å². The summed E-state index contributed by atoms with van der Waals surface area (Å²) < 4.78 is 26.8. The van der Waals surface area contributed by atoms with Crippen LogP contribution in [-0.2, 0) is 4.79 Å². The molecule has 5 nitrogen and oxygen atoms in total. The van der Waals surface area contributed by atoms with Crippen LogP contribution in [0.5, 0.6) is 0 Å². The molecule has 0 heterocycles. The Kier molecular flexibility index (Phi) is 5.44. The second-order valence-corrected chi connectivity index (χ2v) is 6.20. The predicted molar refractivity (Wildman–Crippen MR) is 81.7 cm³/mol. The van der Waals surface area contributed by atoms with E-state index in [2.05, 4.69) is 10.0 Å². The lowest BCUT2D eigenvalue weighted by atomic mass is 9.72. The highest BCUT2D eigenvalue weighted by molar-refractivity contribution is 6.30. The van der Waals surface area contributed by atoms with E-state index in [0.29, 0.717) is 10.6 Å². The number of carbonyl (C=O) groups is 1. The van der Waals surface area contributed by atoms with E-state index < -0.39 is 23.9 Å². The number of alkyl halides is 2. The zero-order chi connectivity index (χ0) is 17.0. The zero-order valence-corrected chi connectivity index (χ0v) is 13.0. The van der Waals surface area contributed by atoms with Crippen molar-refractivity contribution in [1.29, 1.82) is 0 Å². The number of carboxylic acid groups (broad SMARTS) is 1. The molecule has 1 N–H and O–H groups in total. The summed E-state index contributed by atoms with van der Waals surface area (Å²) in [6.45, 7) is 0. The maximum atomic E-state index is 13.4. The molecule has 0 saturated heterocycles. The number of rotatable bonds is 5. The topological polar surface area (TPSA) is 86.1 Å². The summed E-state index contributed by atoms with van der Waals surface area (Å²) in [6.07, 6.45) is -0.204. The highest BCUT2D eigenvalue weighted by atomic mass is 35.5. The van der Waals surface area contributed by atoms with Crippen LogP contribution in [0.15, 0.2) is 29.4 Å². The minimum absolute atomic E-state index is 0.186. The summed E-state index contributed by atoms with van der Waals surface area (Å²) in [7, 11) is 0. The Bertz CT molecular complexity index is 606. The van der Waals surface area contributed by atoms with Gasteiger partial charge in [0.15, 0.2) is 0 Å². The van der Waals surface area contributed by atoms with Gasteiger partial charge >= 0.3 is 5.97 Å². The number of benzene rings is 1. The van der Waals surface area contributed by atoms with Crippen LogP contribution in [0.3, 0.4) is 0 Å². The van der Waals surface area contributed by atoms with Gasteiger partial charge in [-0.25, -0.2) is 8.78 Å². The van der Waals surface area contributed by atoms with Gasteiger partial charge in [0.05, 0.1) is 0 Å². The van der Waals surface area contributed by atoms with Crippen molar-refractivity contribution in [3.05, 3.63) is 45.3 Å². The summed E-state index contributed by atoms with van der Waals surface area (Å²) in [5, 5.41) is 13.3. The second kappa shape index (κ2) is 7.15. The lowest BCUT2D eigenvalue weighted by molar-refractivity contribution is -0.139. The molecule has 2 atom stereocenters. The van der Waals surface area contributed by atoms with Crippen molar-refractivity contribution in [1.82, 2.24) is 0 Å². The minimum atomic E-state index is -2.71. The number of halogens is 3. The molecule has 0 aliphatic heterocycles. The van der Waals surface area contributed by atoms with Crippen molar-refractivity contribution in [2.45, 2.75) is 43.6 Å². The first kappa shape index (κ1) is 17.5. The number of azide groups is 1. The summed E-state index contributed by atoms with van der Waals surface area (Å²) in [5.41, 5.74) is 9.29. The third-order valence-electron chi connectivity index (χ3n) is 4.29. The van der Waals surface area contributed by atoms with Crippen molar-refractivity contribution in [2.75, 3.05) is 0 Å². The SMILES string of the molecule is [N-]=[N+]=N[C@H](C(=O)O)[C@@H](c1ccc(Cl)cc1)C1CCC(F)(F)CC1. The molecule has 0 amide bonds. The fourth-order valence-corrected chi connectivity index (χ4v) is 3.28. The van der Waals surface area contributed by atoms with E-state index in [9.17, 15) is 18.7 Å². The smallest absolute Gasteiger partial charge is 0.313 e. The first-order valence-electron chi connectivity index (χ1n) is 7.24. The van der Waals surface area contributed by atoms with Crippen LogP contribution in [0.4, 0.5) is 8.78 Å². The summed E-state index contributed by atoms with van der Waals surface area (Å²) in [5.74, 6) is -4.92. The summed E-state index contributed by atoms with van der Waals surface area (Å²) in [4.78, 5) is 14.1. The second-order valence-electron chi connectivity index (χ2n) is 5.76. The number of nitrogens with zero attached hydrogens (tertiary/aromatic N) is 3. The number of aliphatic carboxylic acids is 1. The van der Waals surface area contributed by atoms with E-state index in [1.54, 1.807) is 24.3 Å². The molecule has 1 aliphatic rings. The first-order chi connectivity index (χ1) is 10.8. The predicted octanol–water partition coefficient (Wildman–Crippen LogP) is 5.01. The van der Waals surface area contributed by atoms with Gasteiger partial charge < -0.3 is 5.11 Å². The largest absolute Gasteiger partial charge is 0.481 e. The van der Waals surface area contributed by atoms with Crippen molar-refractivity contribution < 1.29 is 18.7 Å². The average Bonchev–Trinajstić information content (AvgIpc) is 2.49. The van der Waals surface area contributed by atoms with E-state index >= 15 is 0 Å². The Balaban J connectivity index is 2.36. The van der Waals surface area contributed by atoms with Crippen LogP contribution in [0.2, 0.25) is 5.02 Å². The Labute approximate surface area is 136 Å². The lowest BCUT2D eigenvalue weighted by Crippen LogP contribution is -2.35. The molecule has 8 heteroatoms. The number of hydrogen-bond acceptors (Lipinski definition) is 2. The lowest BCUT2D eigenvalue weighted by Gasteiger charge is -2.35. The van der Waals surface area contributed by atoms with Crippen LogP contribution in [0.25, 0.3) is 10.4 Å². The average molecular weight is 344 g/mol. The minimum Gasteiger partial charge on any atom is -0.481 e. The molecule has 2 rings (SSSR count). The summed E-state index contributed by atoms with van der Waals surface area (Å²) in [6, 6.07) is 5.19. The molecule has 1 aromatic rings. The molecule has 1 fully saturated rings. The van der Waals surface area contributed by atoms with Gasteiger partial charge in [-0.15, -0.1) is 0 Å². The quantitative estimate of drug-likeness (QED) is 0.462. The van der Waals surface area contributed by atoms with Crippen molar-refractivity contribution in [2.24, 2.45) is 11.0 Å². The molecular formula is C15H16ClF2N3O2. The normalized spacial score (nSPS) is 20.3. The highest BCUT2D eigenvalue weighted by Gasteiger charge is 2.42. The molecule has 1 aliphatic carbocycles. The van der Waals surface area contributed by atoms with Crippen LogP contribution in [0.1, 0.15) is 37.2 Å². The third-order valence-corrected chi connectivity index (χ3v) is 4.55.